The molecule has 0 unspecified atom stereocenters. The molecule has 1 heterocycles. The van der Waals surface area contributed by atoms with Crippen molar-refractivity contribution < 1.29 is 17.3 Å². The number of aromatic nitrogens is 2. The molecule has 0 radical (unpaired) electrons. The van der Waals surface area contributed by atoms with Crippen LogP contribution in [0.15, 0.2) is 28.8 Å². The van der Waals surface area contributed by atoms with Crippen molar-refractivity contribution in [3.8, 4) is 11.4 Å². The van der Waals surface area contributed by atoms with Crippen LogP contribution in [0.4, 0.5) is 10.4 Å². The highest BCUT2D eigenvalue weighted by Crippen LogP contribution is 2.27. The molecule has 1 aromatic heterocycles. The summed E-state index contributed by atoms with van der Waals surface area (Å²) in [5.41, 5.74) is 0.301. The number of anilines is 1. The van der Waals surface area contributed by atoms with Crippen LogP contribution >= 0.6 is 0 Å². The number of hydrogen-bond donors (Lipinski definition) is 2. The van der Waals surface area contributed by atoms with Gasteiger partial charge in [-0.15, -0.1) is 0 Å². The van der Waals surface area contributed by atoms with Crippen LogP contribution < -0.4 is 10.0 Å². The van der Waals surface area contributed by atoms with Crippen molar-refractivity contribution in [3.63, 3.8) is 0 Å². The molecule has 9 heteroatoms. The van der Waals surface area contributed by atoms with E-state index in [1.54, 1.807) is 18.2 Å². The first-order valence-electron chi connectivity index (χ1n) is 8.20. The topological polar surface area (TPSA) is 97.1 Å². The molecule has 136 valence electrons. The van der Waals surface area contributed by atoms with Crippen molar-refractivity contribution in [1.29, 1.82) is 0 Å². The Kier molecular flexibility index (Phi) is 5.33. The zero-order chi connectivity index (χ0) is 17.9. The van der Waals surface area contributed by atoms with Crippen LogP contribution in [-0.2, 0) is 10.0 Å². The molecule has 1 fully saturated rings. The summed E-state index contributed by atoms with van der Waals surface area (Å²) in [6, 6.07) is 6.73. The molecule has 0 amide bonds. The van der Waals surface area contributed by atoms with E-state index in [0.29, 0.717) is 18.0 Å². The molecule has 1 aliphatic carbocycles. The number of sulfonamides is 1. The van der Waals surface area contributed by atoms with Gasteiger partial charge in [-0.2, -0.15) is 4.98 Å². The predicted octanol–water partition coefficient (Wildman–Crippen LogP) is 2.40. The van der Waals surface area contributed by atoms with Gasteiger partial charge in [0.25, 0.3) is 0 Å². The first-order valence-corrected chi connectivity index (χ1v) is 10.1. The van der Waals surface area contributed by atoms with Gasteiger partial charge in [0, 0.05) is 12.6 Å². The summed E-state index contributed by atoms with van der Waals surface area (Å²) in [6.07, 6.45) is 4.76. The van der Waals surface area contributed by atoms with Gasteiger partial charge < -0.3 is 9.84 Å². The third kappa shape index (κ3) is 4.99. The maximum atomic E-state index is 13.8. The van der Waals surface area contributed by atoms with E-state index in [0.717, 1.165) is 25.7 Å². The molecule has 0 aliphatic heterocycles. The zero-order valence-electron chi connectivity index (χ0n) is 13.9. The van der Waals surface area contributed by atoms with Crippen LogP contribution in [0, 0.1) is 11.7 Å². The Labute approximate surface area is 146 Å². The number of nitrogens with zero attached hydrogens (tertiary/aromatic N) is 2. The Balaban J connectivity index is 1.52. The van der Waals surface area contributed by atoms with Crippen LogP contribution in [-0.4, -0.2) is 37.4 Å². The van der Waals surface area contributed by atoms with Gasteiger partial charge in [-0.3, -0.25) is 0 Å². The van der Waals surface area contributed by atoms with Crippen molar-refractivity contribution >= 4 is 16.0 Å². The van der Waals surface area contributed by atoms with Gasteiger partial charge in [-0.05, 0) is 43.7 Å². The highest BCUT2D eigenvalue weighted by atomic mass is 32.2. The Morgan fingerprint density at radius 1 is 1.24 bits per heavy atom. The highest BCUT2D eigenvalue weighted by Gasteiger charge is 2.23. The molecule has 2 N–H and O–H groups in total. The van der Waals surface area contributed by atoms with Gasteiger partial charge in [0.15, 0.2) is 0 Å². The fourth-order valence-corrected chi connectivity index (χ4v) is 3.53. The lowest BCUT2D eigenvalue weighted by Gasteiger charge is -2.28. The van der Waals surface area contributed by atoms with Crippen LogP contribution in [0.2, 0.25) is 0 Å². The molecule has 0 bridgehead atoms. The average molecular weight is 368 g/mol. The summed E-state index contributed by atoms with van der Waals surface area (Å²) in [4.78, 5) is 4.20. The van der Waals surface area contributed by atoms with Gasteiger partial charge >= 0.3 is 6.01 Å². The summed E-state index contributed by atoms with van der Waals surface area (Å²) < 4.78 is 43.8. The Hall–Kier alpha value is -2.00. The number of hydrogen-bond acceptors (Lipinski definition) is 6. The van der Waals surface area contributed by atoms with Crippen molar-refractivity contribution in [3.05, 3.63) is 30.1 Å². The Bertz CT molecular complexity index is 816. The Morgan fingerprint density at radius 2 is 1.96 bits per heavy atom. The molecular weight excluding hydrogens is 347 g/mol. The van der Waals surface area contributed by atoms with Crippen LogP contribution in [0.1, 0.15) is 25.7 Å². The second-order valence-electron chi connectivity index (χ2n) is 6.39. The minimum absolute atomic E-state index is 0.184. The second-order valence-corrected chi connectivity index (χ2v) is 8.22. The maximum absolute atomic E-state index is 13.8. The number of halogens is 1. The number of benzene rings is 1. The first-order chi connectivity index (χ1) is 11.9. The van der Waals surface area contributed by atoms with E-state index in [1.165, 1.54) is 12.3 Å². The summed E-state index contributed by atoms with van der Waals surface area (Å²) in [7, 11) is -3.14. The van der Waals surface area contributed by atoms with Gasteiger partial charge in [0.05, 0.1) is 11.8 Å². The molecule has 1 aliphatic rings. The third-order valence-electron chi connectivity index (χ3n) is 4.35. The largest absolute Gasteiger partial charge is 0.335 e. The van der Waals surface area contributed by atoms with Crippen LogP contribution in [0.25, 0.3) is 11.4 Å². The van der Waals surface area contributed by atoms with E-state index in [1.807, 2.05) is 0 Å². The maximum Gasteiger partial charge on any atom is 0.322 e. The summed E-state index contributed by atoms with van der Waals surface area (Å²) in [5.74, 6) is 0.157. The predicted molar refractivity (Wildman–Crippen MR) is 91.9 cm³/mol. The molecule has 1 aromatic carbocycles. The molecule has 7 nitrogen and oxygen atoms in total. The normalized spacial score (nSPS) is 21.2. The number of nitrogens with one attached hydrogen (secondary N) is 2. The summed E-state index contributed by atoms with van der Waals surface area (Å²) >= 11 is 0. The fraction of sp³-hybridized carbons (Fsp3) is 0.500. The number of rotatable bonds is 6. The van der Waals surface area contributed by atoms with E-state index in [-0.39, 0.29) is 17.9 Å². The van der Waals surface area contributed by atoms with Gasteiger partial charge in [0.1, 0.15) is 5.82 Å². The Morgan fingerprint density at radius 3 is 2.64 bits per heavy atom. The smallest absolute Gasteiger partial charge is 0.322 e. The molecular formula is C16H21FN4O3S. The molecule has 0 atom stereocenters. The van der Waals surface area contributed by atoms with Crippen LogP contribution in [0.5, 0.6) is 0 Å². The second kappa shape index (κ2) is 7.49. The van der Waals surface area contributed by atoms with Crippen molar-refractivity contribution in [2.24, 2.45) is 5.92 Å². The van der Waals surface area contributed by atoms with Gasteiger partial charge in [-0.25, -0.2) is 17.5 Å². The lowest BCUT2D eigenvalue weighted by molar-refractivity contribution is 0.330. The quantitative estimate of drug-likeness (QED) is 0.813. The van der Waals surface area contributed by atoms with Gasteiger partial charge in [-0.1, -0.05) is 17.3 Å². The van der Waals surface area contributed by atoms with Crippen molar-refractivity contribution in [2.75, 3.05) is 18.1 Å². The van der Waals surface area contributed by atoms with Crippen molar-refractivity contribution in [1.82, 2.24) is 14.9 Å². The molecule has 3 rings (SSSR count). The molecule has 0 spiro atoms. The van der Waals surface area contributed by atoms with Crippen LogP contribution in [0.3, 0.4) is 0 Å². The molecule has 0 saturated heterocycles. The van der Waals surface area contributed by atoms with E-state index >= 15 is 0 Å². The fourth-order valence-electron chi connectivity index (χ4n) is 2.99. The average Bonchev–Trinajstić information content (AvgIpc) is 3.02. The molecule has 2 aromatic rings. The SMILES string of the molecule is CS(=O)(=O)NC[C@H]1CC[C@H](Nc2nc(-c3ccccc3F)no2)CC1. The van der Waals surface area contributed by atoms with Crippen molar-refractivity contribution in [2.45, 2.75) is 31.7 Å². The minimum Gasteiger partial charge on any atom is -0.335 e. The lowest BCUT2D eigenvalue weighted by Crippen LogP contribution is -2.33. The highest BCUT2D eigenvalue weighted by molar-refractivity contribution is 7.88. The minimum atomic E-state index is -3.14. The first kappa shape index (κ1) is 17.8. The third-order valence-corrected chi connectivity index (χ3v) is 5.04. The zero-order valence-corrected chi connectivity index (χ0v) is 14.7. The summed E-state index contributed by atoms with van der Waals surface area (Å²) in [5, 5.41) is 7.00. The molecule has 25 heavy (non-hydrogen) atoms. The lowest BCUT2D eigenvalue weighted by atomic mass is 9.86. The van der Waals surface area contributed by atoms with E-state index in [2.05, 4.69) is 20.2 Å². The molecule has 1 saturated carbocycles. The summed E-state index contributed by atoms with van der Waals surface area (Å²) in [6.45, 7) is 0.476. The monoisotopic (exact) mass is 368 g/mol. The van der Waals surface area contributed by atoms with E-state index in [4.69, 9.17) is 4.52 Å². The standard InChI is InChI=1S/C16H21FN4O3S/c1-25(22,23)18-10-11-6-8-12(9-7-11)19-16-20-15(21-24-16)13-4-2-3-5-14(13)17/h2-5,11-12,18H,6-10H2,1H3,(H,19,20,21)/t11-,12-. The van der Waals surface area contributed by atoms with E-state index < -0.39 is 15.8 Å². The van der Waals surface area contributed by atoms with Gasteiger partial charge in [0.2, 0.25) is 15.8 Å². The van der Waals surface area contributed by atoms with E-state index in [9.17, 15) is 12.8 Å².